The van der Waals surface area contributed by atoms with Crippen molar-refractivity contribution in [2.24, 2.45) is 5.73 Å². The average molecular weight is 264 g/mol. The zero-order valence-electron chi connectivity index (χ0n) is 10.2. The topological polar surface area (TPSA) is 121 Å². The molecule has 1 amide bonds. The van der Waals surface area contributed by atoms with Gasteiger partial charge in [-0.05, 0) is 12.1 Å². The second-order valence-electron chi connectivity index (χ2n) is 4.27. The third-order valence-corrected chi connectivity index (χ3v) is 3.17. The Morgan fingerprint density at radius 2 is 2.15 bits per heavy atom. The molecule has 96 valence electrons. The van der Waals surface area contributed by atoms with Gasteiger partial charge in [-0.2, -0.15) is 10.5 Å². The number of nitrogens with two attached hydrogens (primary N) is 1. The van der Waals surface area contributed by atoms with E-state index in [0.717, 1.165) is 0 Å². The van der Waals surface area contributed by atoms with Gasteiger partial charge >= 0.3 is 0 Å². The number of anilines is 1. The molecule has 1 aliphatic heterocycles. The quantitative estimate of drug-likeness (QED) is 0.779. The minimum Gasteiger partial charge on any atom is -0.324 e. The van der Waals surface area contributed by atoms with Crippen molar-refractivity contribution >= 4 is 11.6 Å². The summed E-state index contributed by atoms with van der Waals surface area (Å²) in [6.45, 7) is 0. The van der Waals surface area contributed by atoms with Gasteiger partial charge in [0.2, 0.25) is 5.91 Å². The van der Waals surface area contributed by atoms with E-state index in [9.17, 15) is 4.79 Å². The third-order valence-electron chi connectivity index (χ3n) is 3.17. The van der Waals surface area contributed by atoms with E-state index in [1.807, 2.05) is 12.1 Å². The molecule has 2 heterocycles. The summed E-state index contributed by atoms with van der Waals surface area (Å²) in [6, 6.07) is 8.28. The predicted octanol–water partition coefficient (Wildman–Crippen LogP) is 0.568. The predicted molar refractivity (Wildman–Crippen MR) is 68.6 cm³/mol. The molecule has 2 aromatic rings. The second kappa shape index (κ2) is 4.19. The second-order valence-corrected chi connectivity index (χ2v) is 4.27. The van der Waals surface area contributed by atoms with E-state index in [1.165, 1.54) is 10.9 Å². The maximum atomic E-state index is 11.5. The van der Waals surface area contributed by atoms with Gasteiger partial charge in [0.05, 0.1) is 0 Å². The Bertz CT molecular complexity index is 807. The summed E-state index contributed by atoms with van der Waals surface area (Å²) in [5.74, 6) is -0.263. The minimum absolute atomic E-state index is 0.0636. The van der Waals surface area contributed by atoms with Gasteiger partial charge in [-0.15, -0.1) is 0 Å². The van der Waals surface area contributed by atoms with Crippen LogP contribution in [0, 0.1) is 22.7 Å². The summed E-state index contributed by atoms with van der Waals surface area (Å²) in [6.07, 6.45) is 1.40. The zero-order valence-corrected chi connectivity index (χ0v) is 10.2. The molecule has 3 rings (SSSR count). The molecule has 7 heteroatoms. The summed E-state index contributed by atoms with van der Waals surface area (Å²) in [4.78, 5) is 15.4. The van der Waals surface area contributed by atoms with E-state index in [-0.39, 0.29) is 17.3 Å². The first-order chi connectivity index (χ1) is 9.65. The Morgan fingerprint density at radius 1 is 1.35 bits per heavy atom. The van der Waals surface area contributed by atoms with E-state index in [2.05, 4.69) is 10.3 Å². The van der Waals surface area contributed by atoms with Crippen LogP contribution in [0.25, 0.3) is 5.69 Å². The SMILES string of the molecule is N#Cc1ncn(-c2ccc3c(c2)NC(=O)C3N)c1C#N. The van der Waals surface area contributed by atoms with Gasteiger partial charge in [0.1, 0.15) is 24.5 Å². The molecule has 0 saturated carbocycles. The van der Waals surface area contributed by atoms with E-state index in [1.54, 1.807) is 18.2 Å². The van der Waals surface area contributed by atoms with Gasteiger partial charge < -0.3 is 11.1 Å². The number of carbonyl (C=O) groups excluding carboxylic acids is 1. The Labute approximate surface area is 113 Å². The fourth-order valence-electron chi connectivity index (χ4n) is 2.16. The number of imidazole rings is 1. The fraction of sp³-hybridized carbons (Fsp3) is 0.0769. The van der Waals surface area contributed by atoms with E-state index >= 15 is 0 Å². The zero-order chi connectivity index (χ0) is 14.3. The van der Waals surface area contributed by atoms with Gasteiger partial charge in [0.25, 0.3) is 0 Å². The van der Waals surface area contributed by atoms with Gasteiger partial charge in [-0.3, -0.25) is 9.36 Å². The molecule has 7 nitrogen and oxygen atoms in total. The molecule has 3 N–H and O–H groups in total. The largest absolute Gasteiger partial charge is 0.324 e. The highest BCUT2D eigenvalue weighted by molar-refractivity contribution is 6.02. The molecule has 1 aromatic heterocycles. The molecule has 1 unspecified atom stereocenters. The highest BCUT2D eigenvalue weighted by Gasteiger charge is 2.27. The molecule has 0 spiro atoms. The van der Waals surface area contributed by atoms with Crippen molar-refractivity contribution < 1.29 is 4.79 Å². The molecule has 1 aliphatic rings. The van der Waals surface area contributed by atoms with Crippen LogP contribution in [0.3, 0.4) is 0 Å². The lowest BCUT2D eigenvalue weighted by atomic mass is 10.1. The summed E-state index contributed by atoms with van der Waals surface area (Å²) in [7, 11) is 0. The van der Waals surface area contributed by atoms with Crippen LogP contribution in [0.15, 0.2) is 24.5 Å². The number of nitrogens with one attached hydrogen (secondary N) is 1. The lowest BCUT2D eigenvalue weighted by molar-refractivity contribution is -0.116. The molecular formula is C13H8N6O. The molecule has 20 heavy (non-hydrogen) atoms. The number of nitrogens with zero attached hydrogens (tertiary/aromatic N) is 4. The van der Waals surface area contributed by atoms with Gasteiger partial charge in [0, 0.05) is 16.9 Å². The normalized spacial score (nSPS) is 16.1. The van der Waals surface area contributed by atoms with Crippen LogP contribution < -0.4 is 11.1 Å². The van der Waals surface area contributed by atoms with Crippen molar-refractivity contribution in [2.75, 3.05) is 5.32 Å². The number of nitriles is 2. The van der Waals surface area contributed by atoms with Gasteiger partial charge in [-0.1, -0.05) is 6.07 Å². The monoisotopic (exact) mass is 264 g/mol. The van der Waals surface area contributed by atoms with Crippen LogP contribution in [0.5, 0.6) is 0 Å². The maximum Gasteiger partial charge on any atom is 0.245 e. The molecule has 0 bridgehead atoms. The van der Waals surface area contributed by atoms with Crippen molar-refractivity contribution in [2.45, 2.75) is 6.04 Å². The highest BCUT2D eigenvalue weighted by atomic mass is 16.2. The Hall–Kier alpha value is -3.16. The molecule has 0 fully saturated rings. The van der Waals surface area contributed by atoms with Crippen LogP contribution in [0.1, 0.15) is 23.0 Å². The van der Waals surface area contributed by atoms with Crippen molar-refractivity contribution in [3.63, 3.8) is 0 Å². The Balaban J connectivity index is 2.13. The van der Waals surface area contributed by atoms with Crippen LogP contribution >= 0.6 is 0 Å². The van der Waals surface area contributed by atoms with Crippen LogP contribution in [-0.2, 0) is 4.79 Å². The lowest BCUT2D eigenvalue weighted by Gasteiger charge is -2.07. The summed E-state index contributed by atoms with van der Waals surface area (Å²) in [5, 5.41) is 20.7. The summed E-state index contributed by atoms with van der Waals surface area (Å²) in [5.41, 5.74) is 7.89. The van der Waals surface area contributed by atoms with Crippen LogP contribution in [0.2, 0.25) is 0 Å². The summed E-state index contributed by atoms with van der Waals surface area (Å²) < 4.78 is 1.49. The summed E-state index contributed by atoms with van der Waals surface area (Å²) >= 11 is 0. The molecule has 0 saturated heterocycles. The van der Waals surface area contributed by atoms with Crippen LogP contribution in [-0.4, -0.2) is 15.5 Å². The fourth-order valence-corrected chi connectivity index (χ4v) is 2.16. The number of rotatable bonds is 1. The van der Waals surface area contributed by atoms with Gasteiger partial charge in [-0.25, -0.2) is 4.98 Å². The number of fused-ring (bicyclic) bond motifs is 1. The number of amides is 1. The van der Waals surface area contributed by atoms with Gasteiger partial charge in [0.15, 0.2) is 11.4 Å². The highest BCUT2D eigenvalue weighted by Crippen LogP contribution is 2.31. The van der Waals surface area contributed by atoms with E-state index in [0.29, 0.717) is 16.9 Å². The number of carbonyl (C=O) groups is 1. The third kappa shape index (κ3) is 1.55. The van der Waals surface area contributed by atoms with Crippen molar-refractivity contribution in [3.8, 4) is 17.8 Å². The Morgan fingerprint density at radius 3 is 2.85 bits per heavy atom. The molecule has 1 aromatic carbocycles. The first-order valence-corrected chi connectivity index (χ1v) is 5.74. The van der Waals surface area contributed by atoms with E-state index in [4.69, 9.17) is 16.3 Å². The Kier molecular flexibility index (Phi) is 2.50. The van der Waals surface area contributed by atoms with Crippen molar-refractivity contribution in [1.29, 1.82) is 10.5 Å². The maximum absolute atomic E-state index is 11.5. The van der Waals surface area contributed by atoms with Crippen molar-refractivity contribution in [1.82, 2.24) is 9.55 Å². The number of hydrogen-bond acceptors (Lipinski definition) is 5. The molecule has 0 aliphatic carbocycles. The standard InChI is InChI=1S/C13H8N6O/c14-4-10-11(5-15)19(6-17-10)7-1-2-8-9(3-7)18-13(20)12(8)16/h1-3,6,12H,16H2,(H,18,20). The molecule has 0 radical (unpaired) electrons. The lowest BCUT2D eigenvalue weighted by Crippen LogP contribution is -2.19. The molecule has 1 atom stereocenters. The smallest absolute Gasteiger partial charge is 0.245 e. The number of aromatic nitrogens is 2. The van der Waals surface area contributed by atoms with Crippen LogP contribution in [0.4, 0.5) is 5.69 Å². The van der Waals surface area contributed by atoms with Crippen molar-refractivity contribution in [3.05, 3.63) is 41.5 Å². The number of benzene rings is 1. The first-order valence-electron chi connectivity index (χ1n) is 5.74. The molecular weight excluding hydrogens is 256 g/mol. The first kappa shape index (κ1) is 11.9. The average Bonchev–Trinajstić information content (AvgIpc) is 3.00. The van der Waals surface area contributed by atoms with E-state index < -0.39 is 6.04 Å². The minimum atomic E-state index is -0.674. The number of hydrogen-bond donors (Lipinski definition) is 2.